The van der Waals surface area contributed by atoms with E-state index in [0.29, 0.717) is 12.1 Å². The maximum Gasteiger partial charge on any atom is 0.0681 e. The van der Waals surface area contributed by atoms with Gasteiger partial charge in [-0.3, -0.25) is 0 Å². The van der Waals surface area contributed by atoms with Gasteiger partial charge in [0.05, 0.1) is 6.61 Å². The van der Waals surface area contributed by atoms with Crippen molar-refractivity contribution in [2.45, 2.75) is 32.0 Å². The standard InChI is InChI=1S/C23H26N2O/c1-17(22-8-4-6-19-5-2-3-7-23(19)22)24-20-13-14-25(15-20)21-11-9-18(16-26)10-12-21/h2-12,17,20,24,26H,13-16H2,1H3/t17-,20-/m1/s1. The largest absolute Gasteiger partial charge is 0.392 e. The van der Waals surface area contributed by atoms with E-state index in [-0.39, 0.29) is 6.61 Å². The van der Waals surface area contributed by atoms with Crippen LogP contribution in [-0.4, -0.2) is 24.2 Å². The van der Waals surface area contributed by atoms with Gasteiger partial charge in [-0.1, -0.05) is 54.6 Å². The van der Waals surface area contributed by atoms with Crippen molar-refractivity contribution in [2.75, 3.05) is 18.0 Å². The van der Waals surface area contributed by atoms with Gasteiger partial charge in [-0.05, 0) is 47.4 Å². The smallest absolute Gasteiger partial charge is 0.0681 e. The van der Waals surface area contributed by atoms with Gasteiger partial charge in [0.1, 0.15) is 0 Å². The molecule has 1 saturated heterocycles. The number of anilines is 1. The monoisotopic (exact) mass is 346 g/mol. The van der Waals surface area contributed by atoms with Crippen LogP contribution in [0.25, 0.3) is 10.8 Å². The maximum atomic E-state index is 9.19. The molecule has 26 heavy (non-hydrogen) atoms. The van der Waals surface area contributed by atoms with Crippen molar-refractivity contribution in [1.29, 1.82) is 0 Å². The van der Waals surface area contributed by atoms with E-state index in [2.05, 4.69) is 71.7 Å². The minimum Gasteiger partial charge on any atom is -0.392 e. The van der Waals surface area contributed by atoms with Gasteiger partial charge in [0.25, 0.3) is 0 Å². The first-order valence-corrected chi connectivity index (χ1v) is 9.43. The predicted molar refractivity (Wildman–Crippen MR) is 108 cm³/mol. The topological polar surface area (TPSA) is 35.5 Å². The third-order valence-electron chi connectivity index (χ3n) is 5.45. The van der Waals surface area contributed by atoms with Crippen molar-refractivity contribution in [3.8, 4) is 0 Å². The van der Waals surface area contributed by atoms with Gasteiger partial charge in [0.2, 0.25) is 0 Å². The molecule has 3 heteroatoms. The van der Waals surface area contributed by atoms with E-state index in [1.807, 2.05) is 12.1 Å². The summed E-state index contributed by atoms with van der Waals surface area (Å²) in [4.78, 5) is 2.43. The van der Waals surface area contributed by atoms with Crippen LogP contribution >= 0.6 is 0 Å². The Morgan fingerprint density at radius 1 is 1.04 bits per heavy atom. The Morgan fingerprint density at radius 2 is 1.81 bits per heavy atom. The fourth-order valence-corrected chi connectivity index (χ4v) is 4.01. The molecule has 1 aliphatic rings. The molecule has 2 N–H and O–H groups in total. The van der Waals surface area contributed by atoms with Crippen LogP contribution in [0.5, 0.6) is 0 Å². The third-order valence-corrected chi connectivity index (χ3v) is 5.45. The summed E-state index contributed by atoms with van der Waals surface area (Å²) in [6.45, 7) is 4.46. The molecule has 1 aliphatic heterocycles. The Hall–Kier alpha value is -2.36. The van der Waals surface area contributed by atoms with E-state index in [1.54, 1.807) is 0 Å². The van der Waals surface area contributed by atoms with Gasteiger partial charge in [-0.25, -0.2) is 0 Å². The summed E-state index contributed by atoms with van der Waals surface area (Å²) in [5, 5.41) is 15.7. The number of rotatable bonds is 5. The molecule has 1 heterocycles. The van der Waals surface area contributed by atoms with Crippen molar-refractivity contribution in [3.05, 3.63) is 77.9 Å². The van der Waals surface area contributed by atoms with Crippen LogP contribution in [0, 0.1) is 0 Å². The molecule has 3 aromatic carbocycles. The number of hydrogen-bond acceptors (Lipinski definition) is 3. The highest BCUT2D eigenvalue weighted by molar-refractivity contribution is 5.86. The van der Waals surface area contributed by atoms with Gasteiger partial charge in [-0.15, -0.1) is 0 Å². The number of hydrogen-bond donors (Lipinski definition) is 2. The Bertz CT molecular complexity index is 870. The van der Waals surface area contributed by atoms with E-state index >= 15 is 0 Å². The Morgan fingerprint density at radius 3 is 2.62 bits per heavy atom. The Kier molecular flexibility index (Phi) is 4.91. The summed E-state index contributed by atoms with van der Waals surface area (Å²) in [6, 6.07) is 24.2. The number of aliphatic hydroxyl groups is 1. The van der Waals surface area contributed by atoms with Crippen LogP contribution in [0.1, 0.15) is 30.5 Å². The van der Waals surface area contributed by atoms with Crippen molar-refractivity contribution in [2.24, 2.45) is 0 Å². The van der Waals surface area contributed by atoms with Gasteiger partial charge >= 0.3 is 0 Å². The molecule has 2 atom stereocenters. The molecule has 0 radical (unpaired) electrons. The highest BCUT2D eigenvalue weighted by Gasteiger charge is 2.24. The second-order valence-electron chi connectivity index (χ2n) is 7.21. The summed E-state index contributed by atoms with van der Waals surface area (Å²) in [5.41, 5.74) is 3.57. The molecule has 1 fully saturated rings. The van der Waals surface area contributed by atoms with Crippen molar-refractivity contribution in [1.82, 2.24) is 5.32 Å². The van der Waals surface area contributed by atoms with E-state index in [9.17, 15) is 5.11 Å². The summed E-state index contributed by atoms with van der Waals surface area (Å²) in [6.07, 6.45) is 1.15. The molecule has 0 amide bonds. The summed E-state index contributed by atoms with van der Waals surface area (Å²) < 4.78 is 0. The first-order valence-electron chi connectivity index (χ1n) is 9.43. The Labute approximate surface area is 155 Å². The Balaban J connectivity index is 1.44. The minimum absolute atomic E-state index is 0.104. The van der Waals surface area contributed by atoms with Crippen LogP contribution in [0.3, 0.4) is 0 Å². The molecular formula is C23H26N2O. The summed E-state index contributed by atoms with van der Waals surface area (Å²) in [7, 11) is 0. The molecular weight excluding hydrogens is 320 g/mol. The van der Waals surface area contributed by atoms with E-state index in [0.717, 1.165) is 25.1 Å². The quantitative estimate of drug-likeness (QED) is 0.724. The van der Waals surface area contributed by atoms with Crippen molar-refractivity contribution < 1.29 is 5.11 Å². The molecule has 134 valence electrons. The molecule has 3 nitrogen and oxygen atoms in total. The second kappa shape index (κ2) is 7.48. The summed E-state index contributed by atoms with van der Waals surface area (Å²) in [5.74, 6) is 0. The zero-order chi connectivity index (χ0) is 17.9. The number of nitrogens with zero attached hydrogens (tertiary/aromatic N) is 1. The molecule has 0 aliphatic carbocycles. The summed E-state index contributed by atoms with van der Waals surface area (Å²) >= 11 is 0. The van der Waals surface area contributed by atoms with Gasteiger partial charge in [-0.2, -0.15) is 0 Å². The average molecular weight is 346 g/mol. The average Bonchev–Trinajstić information content (AvgIpc) is 3.16. The molecule has 3 aromatic rings. The SMILES string of the molecule is C[C@@H](N[C@@H]1CCN(c2ccc(CO)cc2)C1)c1cccc2ccccc12. The van der Waals surface area contributed by atoms with Crippen molar-refractivity contribution >= 4 is 16.5 Å². The second-order valence-corrected chi connectivity index (χ2v) is 7.21. The first-order chi connectivity index (χ1) is 12.7. The van der Waals surface area contributed by atoms with Crippen LogP contribution in [0.2, 0.25) is 0 Å². The molecule has 0 spiro atoms. The lowest BCUT2D eigenvalue weighted by Crippen LogP contribution is -2.34. The number of aliphatic hydroxyl groups excluding tert-OH is 1. The van der Waals surface area contributed by atoms with Crippen LogP contribution in [-0.2, 0) is 6.61 Å². The molecule has 0 unspecified atom stereocenters. The zero-order valence-corrected chi connectivity index (χ0v) is 15.2. The maximum absolute atomic E-state index is 9.19. The van der Waals surface area contributed by atoms with E-state index < -0.39 is 0 Å². The zero-order valence-electron chi connectivity index (χ0n) is 15.2. The highest BCUT2D eigenvalue weighted by Crippen LogP contribution is 2.26. The fraction of sp³-hybridized carbons (Fsp3) is 0.304. The number of nitrogens with one attached hydrogen (secondary N) is 1. The molecule has 0 bridgehead atoms. The van der Waals surface area contributed by atoms with Gasteiger partial charge in [0.15, 0.2) is 0 Å². The third kappa shape index (κ3) is 3.46. The van der Waals surface area contributed by atoms with Gasteiger partial charge in [0, 0.05) is 30.9 Å². The fourth-order valence-electron chi connectivity index (χ4n) is 4.01. The number of benzene rings is 3. The lowest BCUT2D eigenvalue weighted by Gasteiger charge is -2.23. The molecule has 4 rings (SSSR count). The first kappa shape index (κ1) is 17.1. The number of fused-ring (bicyclic) bond motifs is 1. The lowest BCUT2D eigenvalue weighted by atomic mass is 9.99. The van der Waals surface area contributed by atoms with Crippen LogP contribution in [0.15, 0.2) is 66.7 Å². The molecule has 0 aromatic heterocycles. The minimum atomic E-state index is 0.104. The predicted octanol–water partition coefficient (Wildman–Crippen LogP) is 4.26. The van der Waals surface area contributed by atoms with E-state index in [4.69, 9.17) is 0 Å². The van der Waals surface area contributed by atoms with Crippen LogP contribution < -0.4 is 10.2 Å². The van der Waals surface area contributed by atoms with Crippen molar-refractivity contribution in [3.63, 3.8) is 0 Å². The van der Waals surface area contributed by atoms with Gasteiger partial charge < -0.3 is 15.3 Å². The van der Waals surface area contributed by atoms with E-state index in [1.165, 1.54) is 22.0 Å². The van der Waals surface area contributed by atoms with Crippen LogP contribution in [0.4, 0.5) is 5.69 Å². The highest BCUT2D eigenvalue weighted by atomic mass is 16.3. The normalized spacial score (nSPS) is 18.4. The molecule has 0 saturated carbocycles. The lowest BCUT2D eigenvalue weighted by molar-refractivity contribution is 0.282.